The molecular formula is C9H14Cl2N4. The Bertz CT molecular complexity index is 297. The minimum absolute atomic E-state index is 0.112. The number of aromatic nitrogens is 3. The molecule has 0 aliphatic carbocycles. The molecule has 0 fully saturated rings. The number of rotatable bonds is 5. The van der Waals surface area contributed by atoms with Gasteiger partial charge in [0.15, 0.2) is 0 Å². The van der Waals surface area contributed by atoms with Crippen molar-refractivity contribution in [3.05, 3.63) is 10.6 Å². The highest BCUT2D eigenvalue weighted by Gasteiger charge is 2.02. The highest BCUT2D eigenvalue weighted by molar-refractivity contribution is 6.31. The summed E-state index contributed by atoms with van der Waals surface area (Å²) in [5.74, 6) is 1.14. The van der Waals surface area contributed by atoms with Crippen LogP contribution in [0.5, 0.6) is 0 Å². The van der Waals surface area contributed by atoms with Crippen molar-refractivity contribution in [1.29, 1.82) is 0 Å². The molecule has 1 aromatic rings. The van der Waals surface area contributed by atoms with E-state index in [1.54, 1.807) is 0 Å². The number of nitrogens with one attached hydrogen (secondary N) is 1. The lowest BCUT2D eigenvalue weighted by molar-refractivity contribution is 0.566. The summed E-state index contributed by atoms with van der Waals surface area (Å²) >= 11 is 11.3. The molecule has 0 saturated heterocycles. The summed E-state index contributed by atoms with van der Waals surface area (Å²) in [4.78, 5) is 11.5. The minimum Gasteiger partial charge on any atom is -0.354 e. The average molecular weight is 249 g/mol. The number of nitrogens with zero attached hydrogens (tertiary/aromatic N) is 3. The van der Waals surface area contributed by atoms with E-state index in [0.29, 0.717) is 11.9 Å². The van der Waals surface area contributed by atoms with Crippen molar-refractivity contribution < 1.29 is 0 Å². The van der Waals surface area contributed by atoms with Gasteiger partial charge in [-0.25, -0.2) is 0 Å². The second-order valence-electron chi connectivity index (χ2n) is 3.66. The Morgan fingerprint density at radius 2 is 1.73 bits per heavy atom. The zero-order valence-corrected chi connectivity index (χ0v) is 10.3. The SMILES string of the molecule is CC(C)CCCNc1nc(Cl)nc(Cl)n1. The zero-order chi connectivity index (χ0) is 11.3. The summed E-state index contributed by atoms with van der Waals surface area (Å²) in [6.45, 7) is 5.20. The van der Waals surface area contributed by atoms with E-state index < -0.39 is 0 Å². The maximum absolute atomic E-state index is 5.63. The van der Waals surface area contributed by atoms with Crippen LogP contribution in [0.4, 0.5) is 5.95 Å². The van der Waals surface area contributed by atoms with Gasteiger partial charge in [-0.2, -0.15) is 15.0 Å². The molecule has 0 aliphatic heterocycles. The van der Waals surface area contributed by atoms with Crippen molar-refractivity contribution >= 4 is 29.2 Å². The van der Waals surface area contributed by atoms with Crippen LogP contribution in [0.1, 0.15) is 26.7 Å². The topological polar surface area (TPSA) is 50.7 Å². The lowest BCUT2D eigenvalue weighted by atomic mass is 10.1. The van der Waals surface area contributed by atoms with Gasteiger partial charge in [0.05, 0.1) is 0 Å². The number of hydrogen-bond donors (Lipinski definition) is 1. The van der Waals surface area contributed by atoms with Crippen LogP contribution < -0.4 is 5.32 Å². The smallest absolute Gasteiger partial charge is 0.228 e. The molecule has 0 radical (unpaired) electrons. The number of hydrogen-bond acceptors (Lipinski definition) is 4. The van der Waals surface area contributed by atoms with Crippen molar-refractivity contribution in [2.45, 2.75) is 26.7 Å². The molecule has 1 heterocycles. The lowest BCUT2D eigenvalue weighted by Crippen LogP contribution is -2.07. The van der Waals surface area contributed by atoms with Gasteiger partial charge in [0, 0.05) is 6.54 Å². The van der Waals surface area contributed by atoms with Crippen LogP contribution in [0.2, 0.25) is 10.6 Å². The minimum atomic E-state index is 0.112. The van der Waals surface area contributed by atoms with Crippen molar-refractivity contribution in [3.8, 4) is 0 Å². The fourth-order valence-corrected chi connectivity index (χ4v) is 1.48. The van der Waals surface area contributed by atoms with Crippen LogP contribution in [-0.2, 0) is 0 Å². The van der Waals surface area contributed by atoms with Crippen molar-refractivity contribution in [2.75, 3.05) is 11.9 Å². The third-order valence-corrected chi connectivity index (χ3v) is 2.16. The molecule has 1 aromatic heterocycles. The van der Waals surface area contributed by atoms with Crippen molar-refractivity contribution in [3.63, 3.8) is 0 Å². The van der Waals surface area contributed by atoms with Gasteiger partial charge in [-0.1, -0.05) is 13.8 Å². The first-order valence-electron chi connectivity index (χ1n) is 4.89. The highest BCUT2D eigenvalue weighted by atomic mass is 35.5. The molecule has 0 unspecified atom stereocenters. The second-order valence-corrected chi connectivity index (χ2v) is 4.34. The standard InChI is InChI=1S/C9H14Cl2N4/c1-6(2)4-3-5-12-9-14-7(10)13-8(11)15-9/h6H,3-5H2,1-2H3,(H,12,13,14,15). The van der Waals surface area contributed by atoms with E-state index in [1.807, 2.05) is 0 Å². The largest absolute Gasteiger partial charge is 0.354 e. The van der Waals surface area contributed by atoms with E-state index in [-0.39, 0.29) is 10.6 Å². The van der Waals surface area contributed by atoms with Crippen LogP contribution >= 0.6 is 23.2 Å². The van der Waals surface area contributed by atoms with Gasteiger partial charge in [0.2, 0.25) is 16.5 Å². The highest BCUT2D eigenvalue weighted by Crippen LogP contribution is 2.10. The van der Waals surface area contributed by atoms with Crippen molar-refractivity contribution in [1.82, 2.24) is 15.0 Å². The molecule has 0 bridgehead atoms. The third kappa shape index (κ3) is 5.14. The Kier molecular flexibility index (Phi) is 5.05. The van der Waals surface area contributed by atoms with Gasteiger partial charge in [-0.15, -0.1) is 0 Å². The summed E-state index contributed by atoms with van der Waals surface area (Å²) < 4.78 is 0. The predicted molar refractivity (Wildman–Crippen MR) is 62.4 cm³/mol. The molecule has 15 heavy (non-hydrogen) atoms. The number of halogens is 2. The molecule has 1 N–H and O–H groups in total. The molecule has 1 rings (SSSR count). The van der Waals surface area contributed by atoms with Gasteiger partial charge in [0.1, 0.15) is 0 Å². The fourth-order valence-electron chi connectivity index (χ4n) is 1.12. The molecule has 4 nitrogen and oxygen atoms in total. The van der Waals surface area contributed by atoms with E-state index in [4.69, 9.17) is 23.2 Å². The Morgan fingerprint density at radius 3 is 2.27 bits per heavy atom. The third-order valence-electron chi connectivity index (χ3n) is 1.82. The van der Waals surface area contributed by atoms with Gasteiger partial charge in [-0.05, 0) is 42.0 Å². The molecular weight excluding hydrogens is 235 g/mol. The normalized spacial score (nSPS) is 10.7. The van der Waals surface area contributed by atoms with E-state index >= 15 is 0 Å². The lowest BCUT2D eigenvalue weighted by Gasteiger charge is -2.06. The van der Waals surface area contributed by atoms with E-state index in [1.165, 1.54) is 6.42 Å². The first-order valence-corrected chi connectivity index (χ1v) is 5.64. The molecule has 0 aromatic carbocycles. The van der Waals surface area contributed by atoms with Gasteiger partial charge >= 0.3 is 0 Å². The Hall–Kier alpha value is -0.610. The molecule has 84 valence electrons. The summed E-state index contributed by atoms with van der Waals surface area (Å²) in [7, 11) is 0. The van der Waals surface area contributed by atoms with E-state index in [9.17, 15) is 0 Å². The van der Waals surface area contributed by atoms with Gasteiger partial charge in [0.25, 0.3) is 0 Å². The van der Waals surface area contributed by atoms with Crippen molar-refractivity contribution in [2.24, 2.45) is 5.92 Å². The molecule has 0 atom stereocenters. The zero-order valence-electron chi connectivity index (χ0n) is 8.80. The Balaban J connectivity index is 2.37. The van der Waals surface area contributed by atoms with Gasteiger partial charge in [-0.3, -0.25) is 0 Å². The monoisotopic (exact) mass is 248 g/mol. The van der Waals surface area contributed by atoms with Crippen LogP contribution in [-0.4, -0.2) is 21.5 Å². The van der Waals surface area contributed by atoms with E-state index in [2.05, 4.69) is 34.1 Å². The predicted octanol–water partition coefficient (Wildman–Crippen LogP) is 3.03. The first-order chi connectivity index (χ1) is 7.08. The van der Waals surface area contributed by atoms with Crippen LogP contribution in [0.15, 0.2) is 0 Å². The summed E-state index contributed by atoms with van der Waals surface area (Å²) in [6.07, 6.45) is 2.23. The molecule has 0 spiro atoms. The van der Waals surface area contributed by atoms with Crippen LogP contribution in [0, 0.1) is 5.92 Å². The Morgan fingerprint density at radius 1 is 1.13 bits per heavy atom. The average Bonchev–Trinajstić information content (AvgIpc) is 2.10. The summed E-state index contributed by atoms with van der Waals surface area (Å²) in [6, 6.07) is 0. The van der Waals surface area contributed by atoms with Crippen LogP contribution in [0.3, 0.4) is 0 Å². The number of anilines is 1. The maximum Gasteiger partial charge on any atom is 0.228 e. The molecule has 0 amide bonds. The summed E-state index contributed by atoms with van der Waals surface area (Å²) in [5.41, 5.74) is 0. The van der Waals surface area contributed by atoms with E-state index in [0.717, 1.165) is 13.0 Å². The first kappa shape index (κ1) is 12.5. The van der Waals surface area contributed by atoms with Crippen LogP contribution in [0.25, 0.3) is 0 Å². The molecule has 0 saturated carbocycles. The summed E-state index contributed by atoms with van der Waals surface area (Å²) in [5, 5.41) is 3.28. The molecule has 6 heteroatoms. The molecule has 0 aliphatic rings. The Labute approximate surface area is 99.4 Å². The van der Waals surface area contributed by atoms with Gasteiger partial charge < -0.3 is 5.32 Å². The fraction of sp³-hybridized carbons (Fsp3) is 0.667. The maximum atomic E-state index is 5.63. The quantitative estimate of drug-likeness (QED) is 0.815. The second kappa shape index (κ2) is 6.08.